The van der Waals surface area contributed by atoms with Crippen molar-refractivity contribution in [3.8, 4) is 5.75 Å². The molecule has 0 amide bonds. The van der Waals surface area contributed by atoms with Gasteiger partial charge in [-0.25, -0.2) is 0 Å². The molecule has 2 unspecified atom stereocenters. The Kier molecular flexibility index (Phi) is 8.09. The molecule has 1 heterocycles. The Bertz CT molecular complexity index is 717. The van der Waals surface area contributed by atoms with Crippen molar-refractivity contribution in [3.63, 3.8) is 0 Å². The lowest BCUT2D eigenvalue weighted by atomic mass is 9.65. The smallest absolute Gasteiger partial charge is 0.120 e. The van der Waals surface area contributed by atoms with Crippen molar-refractivity contribution in [2.45, 2.75) is 65.5 Å². The van der Waals surface area contributed by atoms with Crippen LogP contribution in [0.15, 0.2) is 60.2 Å². The van der Waals surface area contributed by atoms with Gasteiger partial charge in [0.2, 0.25) is 0 Å². The molecule has 2 N–H and O–H groups in total. The highest BCUT2D eigenvalue weighted by molar-refractivity contribution is 5.33. The first-order valence-corrected chi connectivity index (χ1v) is 10.4. The second-order valence-corrected chi connectivity index (χ2v) is 8.48. The molecular weight excluding hydrogens is 346 g/mol. The molecule has 1 aliphatic rings. The van der Waals surface area contributed by atoms with Crippen LogP contribution in [0.1, 0.15) is 58.9 Å². The van der Waals surface area contributed by atoms with Crippen molar-refractivity contribution in [1.82, 2.24) is 5.32 Å². The maximum atomic E-state index is 9.97. The largest absolute Gasteiger partial charge is 0.508 e. The number of phenols is 1. The van der Waals surface area contributed by atoms with Crippen LogP contribution in [0, 0.1) is 5.41 Å². The number of benzene rings is 1. The summed E-state index contributed by atoms with van der Waals surface area (Å²) in [7, 11) is 0. The number of rotatable bonds is 9. The van der Waals surface area contributed by atoms with Crippen LogP contribution in [-0.2, 0) is 11.3 Å². The lowest BCUT2D eigenvalue weighted by Gasteiger charge is -2.47. The van der Waals surface area contributed by atoms with Crippen LogP contribution in [0.5, 0.6) is 5.75 Å². The Hall–Kier alpha value is -1.84. The summed E-state index contributed by atoms with van der Waals surface area (Å²) < 4.78 is 6.15. The van der Waals surface area contributed by atoms with E-state index in [4.69, 9.17) is 4.74 Å². The Morgan fingerprint density at radius 1 is 1.29 bits per heavy atom. The summed E-state index contributed by atoms with van der Waals surface area (Å²) in [6.45, 7) is 15.2. The molecular formula is C25H37NO2. The fourth-order valence-electron chi connectivity index (χ4n) is 4.11. The first-order valence-electron chi connectivity index (χ1n) is 10.4. The van der Waals surface area contributed by atoms with Gasteiger partial charge in [0.1, 0.15) is 5.75 Å². The van der Waals surface area contributed by atoms with E-state index < -0.39 is 0 Å². The standard InChI is InChI=1S/C25H37NO2/c1-6-22(13-12-20(3)4)25(15-17-28-24(5,7-2)19-25)14-16-26-18-21-10-8-9-11-23(21)27/h6,8-13,26-27H,1,7,14-19H2,2-5H3/b22-13+. The molecule has 0 aromatic heterocycles. The summed E-state index contributed by atoms with van der Waals surface area (Å²) in [5, 5.41) is 13.5. The highest BCUT2D eigenvalue weighted by Crippen LogP contribution is 2.48. The van der Waals surface area contributed by atoms with Crippen molar-refractivity contribution in [2.24, 2.45) is 5.41 Å². The Labute approximate surface area is 171 Å². The van der Waals surface area contributed by atoms with Gasteiger partial charge in [0, 0.05) is 24.1 Å². The minimum Gasteiger partial charge on any atom is -0.508 e. The quantitative estimate of drug-likeness (QED) is 0.411. The molecule has 0 bridgehead atoms. The first kappa shape index (κ1) is 22.4. The highest BCUT2D eigenvalue weighted by Gasteiger charge is 2.43. The summed E-state index contributed by atoms with van der Waals surface area (Å²) in [6.07, 6.45) is 10.5. The lowest BCUT2D eigenvalue weighted by Crippen LogP contribution is -2.44. The molecule has 1 fully saturated rings. The third-order valence-electron chi connectivity index (χ3n) is 6.01. The number of hydrogen-bond donors (Lipinski definition) is 2. The van der Waals surface area contributed by atoms with Gasteiger partial charge in [-0.15, -0.1) is 0 Å². The zero-order chi connectivity index (χ0) is 20.6. The number of phenolic OH excluding ortho intramolecular Hbond substituents is 1. The molecule has 2 rings (SSSR count). The van der Waals surface area contributed by atoms with Crippen LogP contribution in [0.3, 0.4) is 0 Å². The van der Waals surface area contributed by atoms with Crippen molar-refractivity contribution < 1.29 is 9.84 Å². The molecule has 0 spiro atoms. The molecule has 1 aromatic rings. The minimum atomic E-state index is -0.0942. The number of nitrogens with one attached hydrogen (secondary N) is 1. The van der Waals surface area contributed by atoms with E-state index in [1.807, 2.05) is 24.3 Å². The molecule has 0 radical (unpaired) electrons. The molecule has 0 aliphatic carbocycles. The number of allylic oxidation sites excluding steroid dienone is 5. The van der Waals surface area contributed by atoms with Crippen LogP contribution in [-0.4, -0.2) is 23.9 Å². The SMILES string of the molecule is C=C/C(=C\C=C(C)C)C1(CCNCc2ccccc2O)CCOC(C)(CC)C1. The normalized spacial score (nSPS) is 25.4. The molecule has 0 saturated carbocycles. The second-order valence-electron chi connectivity index (χ2n) is 8.48. The maximum Gasteiger partial charge on any atom is 0.120 e. The predicted molar refractivity (Wildman–Crippen MR) is 118 cm³/mol. The van der Waals surface area contributed by atoms with Gasteiger partial charge in [-0.05, 0) is 64.6 Å². The van der Waals surface area contributed by atoms with E-state index in [1.165, 1.54) is 11.1 Å². The van der Waals surface area contributed by atoms with Crippen LogP contribution >= 0.6 is 0 Å². The molecule has 1 aromatic carbocycles. The number of aromatic hydroxyl groups is 1. The molecule has 1 aliphatic heterocycles. The van der Waals surface area contributed by atoms with E-state index >= 15 is 0 Å². The van der Waals surface area contributed by atoms with E-state index in [-0.39, 0.29) is 11.0 Å². The first-order chi connectivity index (χ1) is 13.3. The van der Waals surface area contributed by atoms with E-state index in [9.17, 15) is 5.11 Å². The summed E-state index contributed by atoms with van der Waals surface area (Å²) in [5.74, 6) is 0.351. The van der Waals surface area contributed by atoms with Gasteiger partial charge in [-0.1, -0.05) is 55.5 Å². The molecule has 2 atom stereocenters. The number of ether oxygens (including phenoxy) is 1. The van der Waals surface area contributed by atoms with Crippen molar-refractivity contribution >= 4 is 0 Å². The van der Waals surface area contributed by atoms with Gasteiger partial charge >= 0.3 is 0 Å². The van der Waals surface area contributed by atoms with Gasteiger partial charge < -0.3 is 15.2 Å². The van der Waals surface area contributed by atoms with Gasteiger partial charge in [0.15, 0.2) is 0 Å². The third kappa shape index (κ3) is 5.83. The fourth-order valence-corrected chi connectivity index (χ4v) is 4.11. The zero-order valence-electron chi connectivity index (χ0n) is 18.1. The second kappa shape index (κ2) is 10.1. The fraction of sp³-hybridized carbons (Fsp3) is 0.520. The van der Waals surface area contributed by atoms with E-state index in [0.29, 0.717) is 12.3 Å². The van der Waals surface area contributed by atoms with Gasteiger partial charge in [-0.2, -0.15) is 0 Å². The average Bonchev–Trinajstić information content (AvgIpc) is 2.67. The number of hydrogen-bond acceptors (Lipinski definition) is 3. The Morgan fingerprint density at radius 3 is 2.68 bits per heavy atom. The Balaban J connectivity index is 2.16. The summed E-state index contributed by atoms with van der Waals surface area (Å²) in [6, 6.07) is 7.51. The molecule has 154 valence electrons. The van der Waals surface area contributed by atoms with E-state index in [1.54, 1.807) is 6.07 Å². The molecule has 1 saturated heterocycles. The lowest BCUT2D eigenvalue weighted by molar-refractivity contribution is -0.109. The minimum absolute atomic E-state index is 0.0580. The monoisotopic (exact) mass is 383 g/mol. The molecule has 3 heteroatoms. The van der Waals surface area contributed by atoms with Gasteiger partial charge in [0.05, 0.1) is 5.60 Å². The highest BCUT2D eigenvalue weighted by atomic mass is 16.5. The van der Waals surface area contributed by atoms with Crippen molar-refractivity contribution in [3.05, 3.63) is 65.8 Å². The van der Waals surface area contributed by atoms with Crippen LogP contribution in [0.25, 0.3) is 0 Å². The van der Waals surface area contributed by atoms with Crippen LogP contribution in [0.2, 0.25) is 0 Å². The van der Waals surface area contributed by atoms with E-state index in [0.717, 1.165) is 44.4 Å². The third-order valence-corrected chi connectivity index (χ3v) is 6.01. The van der Waals surface area contributed by atoms with Gasteiger partial charge in [-0.3, -0.25) is 0 Å². The Morgan fingerprint density at radius 2 is 2.04 bits per heavy atom. The van der Waals surface area contributed by atoms with Gasteiger partial charge in [0.25, 0.3) is 0 Å². The van der Waals surface area contributed by atoms with E-state index in [2.05, 4.69) is 51.7 Å². The topological polar surface area (TPSA) is 41.5 Å². The summed E-state index contributed by atoms with van der Waals surface area (Å²) in [4.78, 5) is 0. The average molecular weight is 384 g/mol. The molecule has 3 nitrogen and oxygen atoms in total. The van der Waals surface area contributed by atoms with Crippen molar-refractivity contribution in [1.29, 1.82) is 0 Å². The van der Waals surface area contributed by atoms with Crippen LogP contribution < -0.4 is 5.32 Å². The number of para-hydroxylation sites is 1. The zero-order valence-corrected chi connectivity index (χ0v) is 18.1. The summed E-state index contributed by atoms with van der Waals surface area (Å²) in [5.41, 5.74) is 3.50. The molecule has 28 heavy (non-hydrogen) atoms. The maximum absolute atomic E-state index is 9.97. The van der Waals surface area contributed by atoms with Crippen molar-refractivity contribution in [2.75, 3.05) is 13.2 Å². The van der Waals surface area contributed by atoms with Crippen LogP contribution in [0.4, 0.5) is 0 Å². The summed E-state index contributed by atoms with van der Waals surface area (Å²) >= 11 is 0. The predicted octanol–water partition coefficient (Wildman–Crippen LogP) is 5.92.